The number of rotatable bonds is 1. The molecule has 0 radical (unpaired) electrons. The first kappa shape index (κ1) is 7.15. The van der Waals surface area contributed by atoms with Crippen LogP contribution in [0.15, 0.2) is 23.3 Å². The number of fused-ring (bicyclic) bond motifs is 1. The topological polar surface area (TPSA) is 0 Å². The second-order valence-electron chi connectivity index (χ2n) is 4.21. The summed E-state index contributed by atoms with van der Waals surface area (Å²) in [7, 11) is 0. The van der Waals surface area contributed by atoms with Gasteiger partial charge < -0.3 is 0 Å². The summed E-state index contributed by atoms with van der Waals surface area (Å²) in [5, 5.41) is 0. The molecular formula is C11H16. The average Bonchev–Trinajstić information content (AvgIpc) is 2.61. The van der Waals surface area contributed by atoms with E-state index in [1.807, 2.05) is 0 Å². The van der Waals surface area contributed by atoms with E-state index in [0.717, 1.165) is 17.8 Å². The van der Waals surface area contributed by atoms with Crippen molar-refractivity contribution in [3.63, 3.8) is 0 Å². The van der Waals surface area contributed by atoms with Crippen LogP contribution in [0.25, 0.3) is 0 Å². The molecule has 2 rings (SSSR count). The molecule has 0 spiro atoms. The molecule has 0 N–H and O–H groups in total. The number of hydrogen-bond acceptors (Lipinski definition) is 0. The third kappa shape index (κ3) is 0.817. The highest BCUT2D eigenvalue weighted by molar-refractivity contribution is 5.48. The summed E-state index contributed by atoms with van der Waals surface area (Å²) in [5.74, 6) is 2.50. The van der Waals surface area contributed by atoms with Gasteiger partial charge in [0.05, 0.1) is 0 Å². The fraction of sp³-hybridized carbons (Fsp3) is 0.636. The van der Waals surface area contributed by atoms with Crippen molar-refractivity contribution in [3.05, 3.63) is 23.3 Å². The Morgan fingerprint density at radius 2 is 2.00 bits per heavy atom. The van der Waals surface area contributed by atoms with Gasteiger partial charge in [0.2, 0.25) is 0 Å². The lowest BCUT2D eigenvalue weighted by Gasteiger charge is -2.10. The van der Waals surface area contributed by atoms with Crippen LogP contribution < -0.4 is 0 Å². The molecular weight excluding hydrogens is 132 g/mol. The fourth-order valence-corrected chi connectivity index (χ4v) is 2.53. The van der Waals surface area contributed by atoms with Crippen LogP contribution in [0.3, 0.4) is 0 Å². The Morgan fingerprint density at radius 1 is 1.36 bits per heavy atom. The first-order chi connectivity index (χ1) is 5.13. The monoisotopic (exact) mass is 148 g/mol. The van der Waals surface area contributed by atoms with Crippen molar-refractivity contribution in [1.29, 1.82) is 0 Å². The van der Waals surface area contributed by atoms with Crippen molar-refractivity contribution in [3.8, 4) is 0 Å². The zero-order valence-electron chi connectivity index (χ0n) is 7.65. The molecule has 2 unspecified atom stereocenters. The molecule has 0 aromatic rings. The Kier molecular flexibility index (Phi) is 1.30. The second kappa shape index (κ2) is 2.00. The van der Waals surface area contributed by atoms with Crippen LogP contribution in [-0.4, -0.2) is 0 Å². The zero-order valence-corrected chi connectivity index (χ0v) is 7.65. The van der Waals surface area contributed by atoms with Crippen LogP contribution >= 0.6 is 0 Å². The standard InChI is InChI=1S/C11H16/c1-6(2)11-8(4)7(3)9-5-10(9)11/h6,9-10H,3,5H2,1-2,4H3. The van der Waals surface area contributed by atoms with E-state index in [4.69, 9.17) is 0 Å². The Balaban J connectivity index is 2.36. The van der Waals surface area contributed by atoms with Crippen LogP contribution in [0.4, 0.5) is 0 Å². The molecule has 2 aliphatic carbocycles. The highest BCUT2D eigenvalue weighted by atomic mass is 14.5. The molecule has 0 amide bonds. The zero-order chi connectivity index (χ0) is 8.17. The Morgan fingerprint density at radius 3 is 2.27 bits per heavy atom. The van der Waals surface area contributed by atoms with E-state index in [0.29, 0.717) is 0 Å². The molecule has 0 aromatic heterocycles. The van der Waals surface area contributed by atoms with Crippen molar-refractivity contribution in [2.24, 2.45) is 17.8 Å². The molecule has 0 nitrogen and oxygen atoms in total. The first-order valence-corrected chi connectivity index (χ1v) is 4.52. The quantitative estimate of drug-likeness (QED) is 0.536. The highest BCUT2D eigenvalue weighted by Gasteiger charge is 2.48. The van der Waals surface area contributed by atoms with E-state index in [-0.39, 0.29) is 0 Å². The van der Waals surface area contributed by atoms with Crippen molar-refractivity contribution in [2.75, 3.05) is 0 Å². The summed E-state index contributed by atoms with van der Waals surface area (Å²) in [5.41, 5.74) is 4.64. The van der Waals surface area contributed by atoms with Gasteiger partial charge in [-0.3, -0.25) is 0 Å². The van der Waals surface area contributed by atoms with Crippen LogP contribution in [-0.2, 0) is 0 Å². The minimum absolute atomic E-state index is 0.740. The average molecular weight is 148 g/mol. The fourth-order valence-electron chi connectivity index (χ4n) is 2.53. The van der Waals surface area contributed by atoms with Crippen molar-refractivity contribution < 1.29 is 0 Å². The molecule has 0 aliphatic heterocycles. The van der Waals surface area contributed by atoms with Gasteiger partial charge in [0.25, 0.3) is 0 Å². The maximum Gasteiger partial charge on any atom is -0.00931 e. The molecule has 0 bridgehead atoms. The smallest absolute Gasteiger partial charge is 0.00931 e. The van der Waals surface area contributed by atoms with Gasteiger partial charge in [0.1, 0.15) is 0 Å². The van der Waals surface area contributed by atoms with Crippen molar-refractivity contribution in [1.82, 2.24) is 0 Å². The van der Waals surface area contributed by atoms with Gasteiger partial charge in [0, 0.05) is 0 Å². The number of allylic oxidation sites excluding steroid dienone is 3. The lowest BCUT2D eigenvalue weighted by molar-refractivity contribution is 0.700. The highest BCUT2D eigenvalue weighted by Crippen LogP contribution is 2.59. The Bertz CT molecular complexity index is 243. The van der Waals surface area contributed by atoms with Gasteiger partial charge in [-0.2, -0.15) is 0 Å². The Labute approximate surface area is 69.0 Å². The molecule has 1 saturated carbocycles. The SMILES string of the molecule is C=C1C(C)=C(C(C)C)C2CC12. The molecule has 0 heterocycles. The van der Waals surface area contributed by atoms with Crippen molar-refractivity contribution in [2.45, 2.75) is 27.2 Å². The van der Waals surface area contributed by atoms with E-state index < -0.39 is 0 Å². The normalized spacial score (nSPS) is 35.1. The van der Waals surface area contributed by atoms with Gasteiger partial charge in [-0.05, 0) is 42.2 Å². The molecule has 2 aliphatic rings. The lowest BCUT2D eigenvalue weighted by Crippen LogP contribution is -1.96. The largest absolute Gasteiger partial charge is 0.0953 e. The second-order valence-corrected chi connectivity index (χ2v) is 4.21. The summed E-state index contributed by atoms with van der Waals surface area (Å²) >= 11 is 0. The minimum atomic E-state index is 0.740. The summed E-state index contributed by atoms with van der Waals surface area (Å²) in [6.07, 6.45) is 1.39. The molecule has 1 fully saturated rings. The first-order valence-electron chi connectivity index (χ1n) is 4.52. The third-order valence-electron chi connectivity index (χ3n) is 3.17. The van der Waals surface area contributed by atoms with Gasteiger partial charge in [-0.15, -0.1) is 0 Å². The van der Waals surface area contributed by atoms with Gasteiger partial charge in [-0.25, -0.2) is 0 Å². The van der Waals surface area contributed by atoms with Gasteiger partial charge >= 0.3 is 0 Å². The number of hydrogen-bond donors (Lipinski definition) is 0. The van der Waals surface area contributed by atoms with Crippen LogP contribution in [0.2, 0.25) is 0 Å². The molecule has 2 atom stereocenters. The molecule has 0 saturated heterocycles. The maximum absolute atomic E-state index is 4.13. The predicted octanol–water partition coefficient (Wildman–Crippen LogP) is 3.16. The van der Waals surface area contributed by atoms with Gasteiger partial charge in [0.15, 0.2) is 0 Å². The summed E-state index contributed by atoms with van der Waals surface area (Å²) < 4.78 is 0. The van der Waals surface area contributed by atoms with E-state index in [2.05, 4.69) is 27.4 Å². The third-order valence-corrected chi connectivity index (χ3v) is 3.17. The van der Waals surface area contributed by atoms with E-state index >= 15 is 0 Å². The van der Waals surface area contributed by atoms with Crippen LogP contribution in [0.5, 0.6) is 0 Å². The van der Waals surface area contributed by atoms with E-state index in [9.17, 15) is 0 Å². The predicted molar refractivity (Wildman–Crippen MR) is 48.3 cm³/mol. The lowest BCUT2D eigenvalue weighted by atomic mass is 9.96. The maximum atomic E-state index is 4.13. The minimum Gasteiger partial charge on any atom is -0.0953 e. The molecule has 0 aromatic carbocycles. The van der Waals surface area contributed by atoms with E-state index in [1.54, 1.807) is 5.57 Å². The van der Waals surface area contributed by atoms with Crippen molar-refractivity contribution >= 4 is 0 Å². The summed E-state index contributed by atoms with van der Waals surface area (Å²) in [4.78, 5) is 0. The van der Waals surface area contributed by atoms with Gasteiger partial charge in [-0.1, -0.05) is 26.0 Å². The van der Waals surface area contributed by atoms with Crippen LogP contribution in [0.1, 0.15) is 27.2 Å². The molecule has 11 heavy (non-hydrogen) atoms. The summed E-state index contributed by atoms with van der Waals surface area (Å²) in [6.45, 7) is 11.0. The Hall–Kier alpha value is -0.520. The van der Waals surface area contributed by atoms with E-state index in [1.165, 1.54) is 17.6 Å². The summed E-state index contributed by atoms with van der Waals surface area (Å²) in [6, 6.07) is 0. The molecule has 60 valence electrons. The molecule has 0 heteroatoms. The van der Waals surface area contributed by atoms with Crippen LogP contribution in [0, 0.1) is 17.8 Å².